The Hall–Kier alpha value is -1.01. The summed E-state index contributed by atoms with van der Waals surface area (Å²) in [6.45, 7) is 3.38. The lowest BCUT2D eigenvalue weighted by Gasteiger charge is -2.27. The molecule has 0 saturated heterocycles. The lowest BCUT2D eigenvalue weighted by Crippen LogP contribution is -2.46. The second kappa shape index (κ2) is 8.44. The Morgan fingerprint density at radius 2 is 1.81 bits per heavy atom. The van der Waals surface area contributed by atoms with Crippen molar-refractivity contribution in [2.45, 2.75) is 19.4 Å². The molecule has 0 saturated carbocycles. The Bertz CT molecular complexity index is 521. The molecule has 0 radical (unpaired) electrons. The maximum absolute atomic E-state index is 11.8. The Kier molecular flexibility index (Phi) is 8.03. The predicted molar refractivity (Wildman–Crippen MR) is 86.9 cm³/mol. The zero-order valence-corrected chi connectivity index (χ0v) is 14.0. The van der Waals surface area contributed by atoms with Crippen molar-refractivity contribution in [3.05, 3.63) is 33.8 Å². The summed E-state index contributed by atoms with van der Waals surface area (Å²) in [4.78, 5) is 22.8. The van der Waals surface area contributed by atoms with Crippen LogP contribution in [0, 0.1) is 0 Å². The molecule has 8 heteroatoms. The molecule has 1 rings (SSSR count). The van der Waals surface area contributed by atoms with Crippen molar-refractivity contribution in [1.82, 2.24) is 10.6 Å². The van der Waals surface area contributed by atoms with E-state index in [-0.39, 0.29) is 37.3 Å². The van der Waals surface area contributed by atoms with E-state index in [4.69, 9.17) is 28.9 Å². The Balaban J connectivity index is 0.00000400. The molecule has 118 valence electrons. The number of nitrogens with one attached hydrogen (secondary N) is 2. The van der Waals surface area contributed by atoms with Gasteiger partial charge in [-0.2, -0.15) is 0 Å². The zero-order valence-electron chi connectivity index (χ0n) is 11.7. The van der Waals surface area contributed by atoms with Crippen molar-refractivity contribution in [3.8, 4) is 0 Å². The molecular weight excluding hydrogens is 337 g/mol. The van der Waals surface area contributed by atoms with Crippen LogP contribution in [0.25, 0.3) is 0 Å². The molecule has 0 aromatic heterocycles. The van der Waals surface area contributed by atoms with E-state index >= 15 is 0 Å². The highest BCUT2D eigenvalue weighted by Crippen LogP contribution is 2.28. The fraction of sp³-hybridized carbons (Fsp3) is 0.385. The number of amides is 2. The first-order chi connectivity index (χ1) is 9.26. The normalized spacial score (nSPS) is 10.5. The Morgan fingerprint density at radius 3 is 2.33 bits per heavy atom. The van der Waals surface area contributed by atoms with Crippen LogP contribution in [0.15, 0.2) is 18.2 Å². The summed E-state index contributed by atoms with van der Waals surface area (Å²) in [6, 6.07) is 5.15. The maximum atomic E-state index is 11.8. The van der Waals surface area contributed by atoms with Crippen molar-refractivity contribution in [1.29, 1.82) is 0 Å². The summed E-state index contributed by atoms with van der Waals surface area (Å²) in [7, 11) is 0. The summed E-state index contributed by atoms with van der Waals surface area (Å²) in [5, 5.41) is 6.08. The lowest BCUT2D eigenvalue weighted by atomic mass is 9.94. The third-order valence-electron chi connectivity index (χ3n) is 2.72. The van der Waals surface area contributed by atoms with Crippen LogP contribution in [0.4, 0.5) is 0 Å². The van der Waals surface area contributed by atoms with E-state index in [2.05, 4.69) is 10.6 Å². The van der Waals surface area contributed by atoms with E-state index in [1.54, 1.807) is 18.2 Å². The number of nitrogens with two attached hydrogens (primary N) is 1. The molecule has 0 bridgehead atoms. The smallest absolute Gasteiger partial charge is 0.240 e. The summed E-state index contributed by atoms with van der Waals surface area (Å²) in [6.07, 6.45) is 0. The van der Waals surface area contributed by atoms with Gasteiger partial charge in [0.2, 0.25) is 11.8 Å². The van der Waals surface area contributed by atoms with Crippen molar-refractivity contribution in [2.24, 2.45) is 5.73 Å². The van der Waals surface area contributed by atoms with Crippen LogP contribution in [0.1, 0.15) is 19.4 Å². The fourth-order valence-electron chi connectivity index (χ4n) is 1.60. The van der Waals surface area contributed by atoms with Gasteiger partial charge in [0.25, 0.3) is 0 Å². The summed E-state index contributed by atoms with van der Waals surface area (Å²) < 4.78 is 0. The third kappa shape index (κ3) is 6.09. The molecule has 4 N–H and O–H groups in total. The monoisotopic (exact) mass is 353 g/mol. The van der Waals surface area contributed by atoms with Gasteiger partial charge in [-0.05, 0) is 31.5 Å². The maximum Gasteiger partial charge on any atom is 0.240 e. The Morgan fingerprint density at radius 1 is 1.19 bits per heavy atom. The average molecular weight is 355 g/mol. The molecule has 0 aliphatic carbocycles. The molecule has 1 aromatic carbocycles. The highest BCUT2D eigenvalue weighted by Gasteiger charge is 2.23. The highest BCUT2D eigenvalue weighted by atomic mass is 35.5. The lowest BCUT2D eigenvalue weighted by molar-refractivity contribution is -0.126. The number of hydrogen-bond acceptors (Lipinski definition) is 3. The molecular formula is C13H18Cl3N3O2. The standard InChI is InChI=1S/C13H17Cl2N3O2.ClH/c1-13(2,8-3-4-9(14)10(15)5-8)18-12(20)7-17-11(19)6-16;/h3-5H,6-7,16H2,1-2H3,(H,17,19)(H,18,20);1H. The number of rotatable bonds is 5. The van der Waals surface area contributed by atoms with E-state index in [1.807, 2.05) is 13.8 Å². The minimum absolute atomic E-state index is 0. The van der Waals surface area contributed by atoms with Gasteiger partial charge >= 0.3 is 0 Å². The van der Waals surface area contributed by atoms with Crippen molar-refractivity contribution >= 4 is 47.4 Å². The van der Waals surface area contributed by atoms with Crippen LogP contribution in [-0.4, -0.2) is 24.9 Å². The van der Waals surface area contributed by atoms with Gasteiger partial charge < -0.3 is 16.4 Å². The van der Waals surface area contributed by atoms with E-state index in [9.17, 15) is 9.59 Å². The van der Waals surface area contributed by atoms with Crippen LogP contribution < -0.4 is 16.4 Å². The van der Waals surface area contributed by atoms with Gasteiger partial charge in [-0.3, -0.25) is 9.59 Å². The number of carbonyl (C=O) groups is 2. The van der Waals surface area contributed by atoms with Gasteiger partial charge in [0.05, 0.1) is 28.7 Å². The van der Waals surface area contributed by atoms with Crippen molar-refractivity contribution in [3.63, 3.8) is 0 Å². The minimum Gasteiger partial charge on any atom is -0.346 e. The topological polar surface area (TPSA) is 84.2 Å². The highest BCUT2D eigenvalue weighted by molar-refractivity contribution is 6.42. The first-order valence-electron chi connectivity index (χ1n) is 5.99. The van der Waals surface area contributed by atoms with E-state index in [1.165, 1.54) is 0 Å². The number of carbonyl (C=O) groups excluding carboxylic acids is 2. The summed E-state index contributed by atoms with van der Waals surface area (Å²) >= 11 is 11.8. The van der Waals surface area contributed by atoms with Gasteiger partial charge in [0.1, 0.15) is 0 Å². The zero-order chi connectivity index (χ0) is 15.3. The van der Waals surface area contributed by atoms with Gasteiger partial charge in [-0.1, -0.05) is 29.3 Å². The van der Waals surface area contributed by atoms with Crippen LogP contribution in [0.2, 0.25) is 10.0 Å². The molecule has 0 atom stereocenters. The van der Waals surface area contributed by atoms with Crippen LogP contribution in [0.3, 0.4) is 0 Å². The minimum atomic E-state index is -0.640. The Labute approximate surface area is 140 Å². The van der Waals surface area contributed by atoms with Crippen LogP contribution in [-0.2, 0) is 15.1 Å². The molecule has 0 aliphatic heterocycles. The predicted octanol–water partition coefficient (Wildman–Crippen LogP) is 1.84. The average Bonchev–Trinajstić information content (AvgIpc) is 2.38. The van der Waals surface area contributed by atoms with E-state index in [0.29, 0.717) is 10.0 Å². The van der Waals surface area contributed by atoms with E-state index < -0.39 is 5.54 Å². The van der Waals surface area contributed by atoms with Crippen molar-refractivity contribution < 1.29 is 9.59 Å². The number of hydrogen-bond donors (Lipinski definition) is 3. The molecule has 1 aromatic rings. The van der Waals surface area contributed by atoms with Gasteiger partial charge in [0, 0.05) is 0 Å². The largest absolute Gasteiger partial charge is 0.346 e. The quantitative estimate of drug-likeness (QED) is 0.754. The number of halogens is 3. The third-order valence-corrected chi connectivity index (χ3v) is 3.46. The molecule has 0 spiro atoms. The first-order valence-corrected chi connectivity index (χ1v) is 6.75. The summed E-state index contributed by atoms with van der Waals surface area (Å²) in [5.74, 6) is -0.699. The van der Waals surface area contributed by atoms with Gasteiger partial charge in [0.15, 0.2) is 0 Å². The second-order valence-corrected chi connectivity index (χ2v) is 5.60. The first kappa shape index (κ1) is 20.0. The fourth-order valence-corrected chi connectivity index (χ4v) is 1.90. The molecule has 0 aliphatic rings. The van der Waals surface area contributed by atoms with Crippen LogP contribution >= 0.6 is 35.6 Å². The SMILES string of the molecule is CC(C)(NC(=O)CNC(=O)CN)c1ccc(Cl)c(Cl)c1.Cl. The molecule has 0 fully saturated rings. The molecule has 0 unspecified atom stereocenters. The van der Waals surface area contributed by atoms with Gasteiger partial charge in [-0.25, -0.2) is 0 Å². The summed E-state index contributed by atoms with van der Waals surface area (Å²) in [5.41, 5.74) is 5.31. The molecule has 0 heterocycles. The molecule has 5 nitrogen and oxygen atoms in total. The molecule has 2 amide bonds. The van der Waals surface area contributed by atoms with Crippen molar-refractivity contribution in [2.75, 3.05) is 13.1 Å². The molecule has 21 heavy (non-hydrogen) atoms. The van der Waals surface area contributed by atoms with E-state index in [0.717, 1.165) is 5.56 Å². The second-order valence-electron chi connectivity index (χ2n) is 4.78. The van der Waals surface area contributed by atoms with Crippen LogP contribution in [0.5, 0.6) is 0 Å². The number of benzene rings is 1. The van der Waals surface area contributed by atoms with Gasteiger partial charge in [-0.15, -0.1) is 12.4 Å².